The summed E-state index contributed by atoms with van der Waals surface area (Å²) in [6.45, 7) is 4.00. The summed E-state index contributed by atoms with van der Waals surface area (Å²) in [6, 6.07) is 7.88. The fourth-order valence-electron chi connectivity index (χ4n) is 2.83. The molecule has 3 rings (SSSR count). The molecule has 1 amide bonds. The largest absolute Gasteiger partial charge is 0.339 e. The molecule has 1 aliphatic heterocycles. The topological polar surface area (TPSA) is 89.9 Å². The van der Waals surface area contributed by atoms with Gasteiger partial charge in [-0.1, -0.05) is 12.1 Å². The number of hydrogen-bond acceptors (Lipinski definition) is 5. The second kappa shape index (κ2) is 6.87. The van der Waals surface area contributed by atoms with Crippen LogP contribution >= 0.6 is 0 Å². The van der Waals surface area contributed by atoms with Crippen molar-refractivity contribution in [2.24, 2.45) is 5.73 Å². The summed E-state index contributed by atoms with van der Waals surface area (Å²) in [4.78, 5) is 14.5. The summed E-state index contributed by atoms with van der Waals surface area (Å²) in [7, 11) is 0. The first kappa shape index (κ1) is 15.6. The molecule has 2 N–H and O–H groups in total. The molecule has 7 nitrogen and oxygen atoms in total. The molecule has 23 heavy (non-hydrogen) atoms. The van der Waals surface area contributed by atoms with Gasteiger partial charge in [0.1, 0.15) is 5.82 Å². The third-order valence-electron chi connectivity index (χ3n) is 4.30. The summed E-state index contributed by atoms with van der Waals surface area (Å²) in [5.41, 5.74) is 7.76. The molecule has 1 aromatic carbocycles. The van der Waals surface area contributed by atoms with Crippen LogP contribution in [0.25, 0.3) is 0 Å². The van der Waals surface area contributed by atoms with Crippen molar-refractivity contribution in [2.45, 2.75) is 38.8 Å². The number of tetrazole rings is 1. The van der Waals surface area contributed by atoms with E-state index in [-0.39, 0.29) is 11.9 Å². The number of hydrogen-bond donors (Lipinski definition) is 1. The standard InChI is InChI=1S/C16H22N6O/c1-12-18-19-20-22(12)11-13-4-6-14(7-5-13)16(23)21-9-2-3-15(17)8-10-21/h4-7,15H,2-3,8-11,17H2,1H3. The first-order chi connectivity index (χ1) is 11.1. The molecular weight excluding hydrogens is 292 g/mol. The average Bonchev–Trinajstić information content (AvgIpc) is 2.82. The van der Waals surface area contributed by atoms with Crippen molar-refractivity contribution in [2.75, 3.05) is 13.1 Å². The molecule has 122 valence electrons. The highest BCUT2D eigenvalue weighted by atomic mass is 16.2. The number of aromatic nitrogens is 4. The van der Waals surface area contributed by atoms with E-state index in [1.807, 2.05) is 36.1 Å². The quantitative estimate of drug-likeness (QED) is 0.912. The molecule has 0 aliphatic carbocycles. The van der Waals surface area contributed by atoms with E-state index in [0.29, 0.717) is 6.54 Å². The van der Waals surface area contributed by atoms with Crippen molar-refractivity contribution in [1.82, 2.24) is 25.1 Å². The Labute approximate surface area is 135 Å². The van der Waals surface area contributed by atoms with Crippen LogP contribution in [-0.2, 0) is 6.54 Å². The van der Waals surface area contributed by atoms with Crippen LogP contribution in [0.5, 0.6) is 0 Å². The summed E-state index contributed by atoms with van der Waals surface area (Å²) in [6.07, 6.45) is 2.85. The van der Waals surface area contributed by atoms with Crippen LogP contribution < -0.4 is 5.73 Å². The SMILES string of the molecule is Cc1nnnn1Cc1ccc(C(=O)N2CCCC(N)CC2)cc1. The van der Waals surface area contributed by atoms with Crippen molar-refractivity contribution in [1.29, 1.82) is 0 Å². The second-order valence-electron chi connectivity index (χ2n) is 6.06. The first-order valence-electron chi connectivity index (χ1n) is 8.00. The minimum Gasteiger partial charge on any atom is -0.339 e. The molecule has 2 aromatic rings. The van der Waals surface area contributed by atoms with Crippen LogP contribution in [-0.4, -0.2) is 50.1 Å². The van der Waals surface area contributed by atoms with Gasteiger partial charge in [0.25, 0.3) is 5.91 Å². The number of benzene rings is 1. The van der Waals surface area contributed by atoms with Gasteiger partial charge >= 0.3 is 0 Å². The summed E-state index contributed by atoms with van der Waals surface area (Å²) >= 11 is 0. The van der Waals surface area contributed by atoms with Crippen molar-refractivity contribution in [3.05, 3.63) is 41.2 Å². The molecule has 1 unspecified atom stereocenters. The van der Waals surface area contributed by atoms with Gasteiger partial charge in [0.2, 0.25) is 0 Å². The molecule has 1 fully saturated rings. The van der Waals surface area contributed by atoms with Gasteiger partial charge in [0.05, 0.1) is 6.54 Å². The highest BCUT2D eigenvalue weighted by molar-refractivity contribution is 5.94. The Morgan fingerprint density at radius 1 is 1.26 bits per heavy atom. The number of aryl methyl sites for hydroxylation is 1. The summed E-state index contributed by atoms with van der Waals surface area (Å²) in [5.74, 6) is 0.857. The zero-order valence-corrected chi connectivity index (χ0v) is 13.4. The number of nitrogens with zero attached hydrogens (tertiary/aromatic N) is 5. The predicted molar refractivity (Wildman–Crippen MR) is 85.8 cm³/mol. The Kier molecular flexibility index (Phi) is 4.66. The van der Waals surface area contributed by atoms with Gasteiger partial charge in [-0.2, -0.15) is 0 Å². The smallest absolute Gasteiger partial charge is 0.253 e. The van der Waals surface area contributed by atoms with Crippen molar-refractivity contribution < 1.29 is 4.79 Å². The van der Waals surface area contributed by atoms with Crippen LogP contribution in [0, 0.1) is 6.92 Å². The maximum atomic E-state index is 12.6. The fraction of sp³-hybridized carbons (Fsp3) is 0.500. The average molecular weight is 314 g/mol. The Balaban J connectivity index is 1.66. The highest BCUT2D eigenvalue weighted by Gasteiger charge is 2.19. The predicted octanol–water partition coefficient (Wildman–Crippen LogP) is 0.983. The maximum absolute atomic E-state index is 12.6. The van der Waals surface area contributed by atoms with E-state index >= 15 is 0 Å². The van der Waals surface area contributed by atoms with Gasteiger partial charge in [-0.3, -0.25) is 4.79 Å². The molecule has 1 aromatic heterocycles. The monoisotopic (exact) mass is 314 g/mol. The molecule has 0 saturated carbocycles. The van der Waals surface area contributed by atoms with E-state index in [1.165, 1.54) is 0 Å². The number of rotatable bonds is 3. The zero-order chi connectivity index (χ0) is 16.2. The maximum Gasteiger partial charge on any atom is 0.253 e. The Bertz CT molecular complexity index is 665. The van der Waals surface area contributed by atoms with Gasteiger partial charge in [-0.05, 0) is 54.3 Å². The number of amides is 1. The van der Waals surface area contributed by atoms with Gasteiger partial charge in [-0.15, -0.1) is 5.10 Å². The Morgan fingerprint density at radius 3 is 2.74 bits per heavy atom. The molecule has 2 heterocycles. The van der Waals surface area contributed by atoms with Gasteiger partial charge < -0.3 is 10.6 Å². The molecule has 0 bridgehead atoms. The Hall–Kier alpha value is -2.28. The van der Waals surface area contributed by atoms with Crippen molar-refractivity contribution >= 4 is 5.91 Å². The van der Waals surface area contributed by atoms with Crippen molar-refractivity contribution in [3.8, 4) is 0 Å². The third-order valence-corrected chi connectivity index (χ3v) is 4.30. The second-order valence-corrected chi connectivity index (χ2v) is 6.06. The lowest BCUT2D eigenvalue weighted by atomic mass is 10.1. The Morgan fingerprint density at radius 2 is 2.04 bits per heavy atom. The van der Waals surface area contributed by atoms with Gasteiger partial charge in [-0.25, -0.2) is 4.68 Å². The lowest BCUT2D eigenvalue weighted by molar-refractivity contribution is 0.0761. The fourth-order valence-corrected chi connectivity index (χ4v) is 2.83. The minimum absolute atomic E-state index is 0.0873. The summed E-state index contributed by atoms with van der Waals surface area (Å²) < 4.78 is 1.73. The molecule has 1 saturated heterocycles. The molecule has 1 atom stereocenters. The first-order valence-corrected chi connectivity index (χ1v) is 8.00. The lowest BCUT2D eigenvalue weighted by Gasteiger charge is -2.20. The minimum atomic E-state index is 0.0873. The van der Waals surface area contributed by atoms with Gasteiger partial charge in [0.15, 0.2) is 0 Å². The molecule has 0 radical (unpaired) electrons. The van der Waals surface area contributed by atoms with Gasteiger partial charge in [0, 0.05) is 24.7 Å². The van der Waals surface area contributed by atoms with Crippen LogP contribution in [0.15, 0.2) is 24.3 Å². The van der Waals surface area contributed by atoms with E-state index in [2.05, 4.69) is 15.5 Å². The lowest BCUT2D eigenvalue weighted by Crippen LogP contribution is -2.32. The van der Waals surface area contributed by atoms with Crippen LogP contribution in [0.3, 0.4) is 0 Å². The number of carbonyl (C=O) groups excluding carboxylic acids is 1. The molecular formula is C16H22N6O. The number of likely N-dealkylation sites (tertiary alicyclic amines) is 1. The van der Waals surface area contributed by atoms with E-state index in [4.69, 9.17) is 5.73 Å². The summed E-state index contributed by atoms with van der Waals surface area (Å²) in [5, 5.41) is 11.4. The van der Waals surface area contributed by atoms with Crippen LogP contribution in [0.4, 0.5) is 0 Å². The highest BCUT2D eigenvalue weighted by Crippen LogP contribution is 2.14. The molecule has 7 heteroatoms. The van der Waals surface area contributed by atoms with E-state index in [9.17, 15) is 4.79 Å². The van der Waals surface area contributed by atoms with Crippen LogP contribution in [0.1, 0.15) is 41.0 Å². The number of nitrogens with two attached hydrogens (primary N) is 1. The van der Waals surface area contributed by atoms with E-state index in [1.54, 1.807) is 4.68 Å². The van der Waals surface area contributed by atoms with E-state index in [0.717, 1.165) is 49.3 Å². The normalized spacial score (nSPS) is 18.7. The zero-order valence-electron chi connectivity index (χ0n) is 13.4. The van der Waals surface area contributed by atoms with E-state index < -0.39 is 0 Å². The molecule has 1 aliphatic rings. The van der Waals surface area contributed by atoms with Crippen molar-refractivity contribution in [3.63, 3.8) is 0 Å². The molecule has 0 spiro atoms. The number of carbonyl (C=O) groups is 1. The van der Waals surface area contributed by atoms with Crippen LogP contribution in [0.2, 0.25) is 0 Å². The third kappa shape index (κ3) is 3.73.